The molecule has 1 N–H and O–H groups in total. The Kier molecular flexibility index (Phi) is 5.15. The van der Waals surface area contributed by atoms with Crippen LogP contribution in [0, 0.1) is 0 Å². The van der Waals surface area contributed by atoms with Crippen LogP contribution < -0.4 is 10.1 Å². The smallest absolute Gasteiger partial charge is 0.222 e. The fourth-order valence-electron chi connectivity index (χ4n) is 2.41. The largest absolute Gasteiger partial charge is 0.472 e. The first kappa shape index (κ1) is 15.4. The van der Waals surface area contributed by atoms with Crippen molar-refractivity contribution < 1.29 is 14.3 Å². The number of amides is 1. The Hall–Kier alpha value is -2.48. The molecule has 2 atom stereocenters. The zero-order valence-electron chi connectivity index (χ0n) is 12.7. The van der Waals surface area contributed by atoms with Crippen LogP contribution in [0.4, 0.5) is 0 Å². The lowest BCUT2D eigenvalue weighted by Crippen LogP contribution is -2.52. The van der Waals surface area contributed by atoms with Crippen molar-refractivity contribution in [2.24, 2.45) is 0 Å². The first-order valence-corrected chi connectivity index (χ1v) is 7.58. The van der Waals surface area contributed by atoms with Gasteiger partial charge >= 0.3 is 0 Å². The SMILES string of the molecule is O=C(CCn1cncn1)N[C@@H]1COCC[C@H]1Oc1ccccn1. The van der Waals surface area contributed by atoms with Crippen molar-refractivity contribution in [3.63, 3.8) is 0 Å². The molecule has 0 saturated carbocycles. The van der Waals surface area contributed by atoms with E-state index < -0.39 is 0 Å². The van der Waals surface area contributed by atoms with Crippen LogP contribution in [0.2, 0.25) is 0 Å². The molecule has 0 spiro atoms. The van der Waals surface area contributed by atoms with Gasteiger partial charge in [-0.25, -0.2) is 9.97 Å². The summed E-state index contributed by atoms with van der Waals surface area (Å²) < 4.78 is 13.0. The predicted octanol–water partition coefficient (Wildman–Crippen LogP) is 0.416. The molecule has 0 bridgehead atoms. The zero-order valence-corrected chi connectivity index (χ0v) is 12.7. The van der Waals surface area contributed by atoms with Crippen molar-refractivity contribution in [3.8, 4) is 5.88 Å². The Labute approximate surface area is 133 Å². The van der Waals surface area contributed by atoms with Gasteiger partial charge in [-0.15, -0.1) is 0 Å². The Balaban J connectivity index is 1.52. The summed E-state index contributed by atoms with van der Waals surface area (Å²) in [5.74, 6) is 0.492. The van der Waals surface area contributed by atoms with Crippen LogP contribution in [0.15, 0.2) is 37.1 Å². The van der Waals surface area contributed by atoms with Crippen LogP contribution >= 0.6 is 0 Å². The maximum atomic E-state index is 12.1. The lowest BCUT2D eigenvalue weighted by atomic mass is 10.1. The highest BCUT2D eigenvalue weighted by Gasteiger charge is 2.29. The monoisotopic (exact) mass is 317 g/mol. The zero-order chi connectivity index (χ0) is 15.9. The van der Waals surface area contributed by atoms with E-state index in [1.54, 1.807) is 23.3 Å². The third kappa shape index (κ3) is 4.49. The van der Waals surface area contributed by atoms with E-state index in [1.807, 2.05) is 12.1 Å². The highest BCUT2D eigenvalue weighted by molar-refractivity contribution is 5.76. The fraction of sp³-hybridized carbons (Fsp3) is 0.467. The summed E-state index contributed by atoms with van der Waals surface area (Å²) in [6, 6.07) is 5.32. The summed E-state index contributed by atoms with van der Waals surface area (Å²) in [4.78, 5) is 20.1. The van der Waals surface area contributed by atoms with Gasteiger partial charge in [0.05, 0.1) is 25.8 Å². The molecule has 3 rings (SSSR count). The van der Waals surface area contributed by atoms with Gasteiger partial charge in [-0.2, -0.15) is 5.10 Å². The third-order valence-corrected chi connectivity index (χ3v) is 3.58. The highest BCUT2D eigenvalue weighted by atomic mass is 16.5. The first-order valence-electron chi connectivity index (χ1n) is 7.58. The van der Waals surface area contributed by atoms with Gasteiger partial charge in [0.15, 0.2) is 0 Å². The minimum absolute atomic E-state index is 0.0642. The molecule has 122 valence electrons. The van der Waals surface area contributed by atoms with Crippen molar-refractivity contribution in [3.05, 3.63) is 37.1 Å². The Bertz CT molecular complexity index is 605. The van der Waals surface area contributed by atoms with Gasteiger partial charge in [0.25, 0.3) is 0 Å². The van der Waals surface area contributed by atoms with E-state index in [-0.39, 0.29) is 18.1 Å². The Morgan fingerprint density at radius 3 is 3.22 bits per heavy atom. The highest BCUT2D eigenvalue weighted by Crippen LogP contribution is 2.16. The number of nitrogens with one attached hydrogen (secondary N) is 1. The van der Waals surface area contributed by atoms with Crippen molar-refractivity contribution >= 4 is 5.91 Å². The van der Waals surface area contributed by atoms with E-state index in [0.29, 0.717) is 38.5 Å². The number of nitrogens with zero attached hydrogens (tertiary/aromatic N) is 4. The quantitative estimate of drug-likeness (QED) is 0.830. The fourth-order valence-corrected chi connectivity index (χ4v) is 2.41. The van der Waals surface area contributed by atoms with E-state index in [2.05, 4.69) is 20.4 Å². The molecule has 0 radical (unpaired) electrons. The van der Waals surface area contributed by atoms with E-state index in [9.17, 15) is 4.79 Å². The van der Waals surface area contributed by atoms with Crippen LogP contribution in [0.5, 0.6) is 5.88 Å². The van der Waals surface area contributed by atoms with Gasteiger partial charge in [-0.1, -0.05) is 6.07 Å². The minimum atomic E-state index is -0.186. The molecule has 1 amide bonds. The summed E-state index contributed by atoms with van der Waals surface area (Å²) in [6.45, 7) is 1.54. The van der Waals surface area contributed by atoms with Crippen LogP contribution in [0.3, 0.4) is 0 Å². The van der Waals surface area contributed by atoms with Crippen molar-refractivity contribution in [1.82, 2.24) is 25.1 Å². The van der Waals surface area contributed by atoms with E-state index in [0.717, 1.165) is 0 Å². The van der Waals surface area contributed by atoms with Gasteiger partial charge in [0.2, 0.25) is 11.8 Å². The molecule has 2 aromatic heterocycles. The van der Waals surface area contributed by atoms with Gasteiger partial charge in [-0.3, -0.25) is 9.48 Å². The van der Waals surface area contributed by atoms with Crippen molar-refractivity contribution in [2.75, 3.05) is 13.2 Å². The number of hydrogen-bond donors (Lipinski definition) is 1. The van der Waals surface area contributed by atoms with E-state index in [1.165, 1.54) is 6.33 Å². The predicted molar refractivity (Wildman–Crippen MR) is 80.7 cm³/mol. The maximum absolute atomic E-state index is 12.1. The molecule has 0 aliphatic carbocycles. The van der Waals surface area contributed by atoms with Gasteiger partial charge in [-0.05, 0) is 6.07 Å². The van der Waals surface area contributed by atoms with E-state index in [4.69, 9.17) is 9.47 Å². The summed E-state index contributed by atoms with van der Waals surface area (Å²) >= 11 is 0. The second-order valence-corrected chi connectivity index (χ2v) is 5.27. The molecular formula is C15H19N5O3. The summed E-state index contributed by atoms with van der Waals surface area (Å²) in [5, 5.41) is 6.95. The molecule has 1 saturated heterocycles. The number of rotatable bonds is 6. The lowest BCUT2D eigenvalue weighted by Gasteiger charge is -2.32. The summed E-state index contributed by atoms with van der Waals surface area (Å²) in [7, 11) is 0. The van der Waals surface area contributed by atoms with Gasteiger partial charge < -0.3 is 14.8 Å². The normalized spacial score (nSPS) is 20.9. The molecule has 8 nitrogen and oxygen atoms in total. The first-order chi connectivity index (χ1) is 11.3. The maximum Gasteiger partial charge on any atom is 0.222 e. The van der Waals surface area contributed by atoms with Crippen molar-refractivity contribution in [1.29, 1.82) is 0 Å². The van der Waals surface area contributed by atoms with Gasteiger partial charge in [0.1, 0.15) is 18.8 Å². The number of aromatic nitrogens is 4. The standard InChI is InChI=1S/C15H19N5O3/c21-14(4-7-20-11-16-10-18-20)19-12-9-22-8-5-13(12)23-15-3-1-2-6-17-15/h1-3,6,10-13H,4-5,7-9H2,(H,19,21)/t12-,13-/m1/s1. The number of pyridine rings is 1. The number of carbonyl (C=O) groups is 1. The average Bonchev–Trinajstić information content (AvgIpc) is 3.09. The average molecular weight is 317 g/mol. The molecule has 23 heavy (non-hydrogen) atoms. The van der Waals surface area contributed by atoms with Crippen molar-refractivity contribution in [2.45, 2.75) is 31.5 Å². The molecule has 0 aromatic carbocycles. The Morgan fingerprint density at radius 2 is 2.43 bits per heavy atom. The lowest BCUT2D eigenvalue weighted by molar-refractivity contribution is -0.124. The second kappa shape index (κ2) is 7.68. The molecule has 1 aliphatic rings. The van der Waals surface area contributed by atoms with E-state index >= 15 is 0 Å². The molecule has 1 fully saturated rings. The molecule has 0 unspecified atom stereocenters. The molecule has 8 heteroatoms. The summed E-state index contributed by atoms with van der Waals surface area (Å²) in [6.07, 6.45) is 5.61. The molecule has 2 aromatic rings. The number of hydrogen-bond acceptors (Lipinski definition) is 6. The number of aryl methyl sites for hydroxylation is 1. The minimum Gasteiger partial charge on any atom is -0.472 e. The van der Waals surface area contributed by atoms with Gasteiger partial charge in [0, 0.05) is 25.1 Å². The molecule has 3 heterocycles. The third-order valence-electron chi connectivity index (χ3n) is 3.58. The summed E-state index contributed by atoms with van der Waals surface area (Å²) in [5.41, 5.74) is 0. The number of ether oxygens (including phenoxy) is 2. The van der Waals surface area contributed by atoms with Crippen LogP contribution in [-0.2, 0) is 16.1 Å². The van der Waals surface area contributed by atoms with Crippen LogP contribution in [-0.4, -0.2) is 51.0 Å². The number of carbonyl (C=O) groups excluding carboxylic acids is 1. The molecule has 1 aliphatic heterocycles. The van der Waals surface area contributed by atoms with Crippen LogP contribution in [0.1, 0.15) is 12.8 Å². The Morgan fingerprint density at radius 1 is 1.48 bits per heavy atom. The molecular weight excluding hydrogens is 298 g/mol. The van der Waals surface area contributed by atoms with Crippen LogP contribution in [0.25, 0.3) is 0 Å². The topological polar surface area (TPSA) is 91.2 Å². The second-order valence-electron chi connectivity index (χ2n) is 5.27.